The van der Waals surface area contributed by atoms with E-state index in [9.17, 15) is 25.9 Å². The molecular weight excluding hydrogens is 728 g/mol. The Balaban J connectivity index is 1.28. The van der Waals surface area contributed by atoms with Crippen molar-refractivity contribution >= 4 is 65.7 Å². The van der Waals surface area contributed by atoms with Crippen LogP contribution >= 0.6 is 11.6 Å². The van der Waals surface area contributed by atoms with Gasteiger partial charge < -0.3 is 4.90 Å². The van der Waals surface area contributed by atoms with Crippen LogP contribution in [0.3, 0.4) is 0 Å². The van der Waals surface area contributed by atoms with E-state index in [0.29, 0.717) is 5.03 Å². The smallest absolute Gasteiger partial charge is 0.271 e. The summed E-state index contributed by atoms with van der Waals surface area (Å²) in [4.78, 5) is 2.00. The van der Waals surface area contributed by atoms with Crippen molar-refractivity contribution in [1.29, 1.82) is 0 Å². The van der Waals surface area contributed by atoms with Gasteiger partial charge in [-0.15, -0.1) is 0 Å². The molecule has 2 N–H and O–H groups in total. The summed E-state index contributed by atoms with van der Waals surface area (Å²) in [7, 11) is -8.37. The first-order chi connectivity index (χ1) is 25.0. The molecule has 0 saturated carbocycles. The third kappa shape index (κ3) is 7.12. The van der Waals surface area contributed by atoms with E-state index in [1.54, 1.807) is 0 Å². The van der Waals surface area contributed by atoms with Crippen LogP contribution in [0, 0.1) is 5.41 Å². The number of hydrogen-bond donors (Lipinski definition) is 2. The molecule has 2 aliphatic heterocycles. The van der Waals surface area contributed by atoms with Crippen LogP contribution in [-0.2, 0) is 25.7 Å². The van der Waals surface area contributed by atoms with Crippen LogP contribution in [0.1, 0.15) is 58.9 Å². The summed E-state index contributed by atoms with van der Waals surface area (Å²) in [5.74, 6) is -0.771. The molecule has 3 aromatic carbocycles. The molecule has 7 rings (SSSR count). The Labute approximate surface area is 317 Å². The van der Waals surface area contributed by atoms with Gasteiger partial charge in [0.25, 0.3) is 20.2 Å². The van der Waals surface area contributed by atoms with Gasteiger partial charge in [0.2, 0.25) is 0 Å². The van der Waals surface area contributed by atoms with Crippen molar-refractivity contribution in [3.05, 3.63) is 123 Å². The number of halogens is 1. The molecule has 2 aliphatic carbocycles. The molecule has 53 heavy (non-hydrogen) atoms. The van der Waals surface area contributed by atoms with Crippen LogP contribution in [0.15, 0.2) is 107 Å². The SMILES string of the molecule is CC1(C)C2=c3ccccc3=CCC2[N+](CCS(=O)(=O)O)=C1C=CC1=C(Cl)C(=CC=C2N(CCS(=O)(=O)O)c3ccc4ccccc4c3C2(C)C)CCC1. The molecule has 0 radical (unpaired) electrons. The number of rotatable bonds is 9. The van der Waals surface area contributed by atoms with E-state index >= 15 is 0 Å². The minimum atomic E-state index is -4.20. The third-order valence-corrected chi connectivity index (χ3v) is 13.3. The number of benzene rings is 3. The second-order valence-electron chi connectivity index (χ2n) is 15.5. The molecule has 278 valence electrons. The maximum Gasteiger partial charge on any atom is 0.271 e. The second-order valence-corrected chi connectivity index (χ2v) is 19.0. The lowest BCUT2D eigenvalue weighted by Crippen LogP contribution is -2.39. The Morgan fingerprint density at radius 3 is 2.34 bits per heavy atom. The summed E-state index contributed by atoms with van der Waals surface area (Å²) >= 11 is 7.19. The van der Waals surface area contributed by atoms with Gasteiger partial charge in [0.15, 0.2) is 18.3 Å². The zero-order valence-electron chi connectivity index (χ0n) is 30.5. The van der Waals surface area contributed by atoms with Crippen LogP contribution in [0.4, 0.5) is 5.69 Å². The highest BCUT2D eigenvalue weighted by Gasteiger charge is 2.50. The van der Waals surface area contributed by atoms with Crippen molar-refractivity contribution in [2.24, 2.45) is 5.41 Å². The molecular formula is C42H46ClN2O6S2+. The summed E-state index contributed by atoms with van der Waals surface area (Å²) in [6, 6.07) is 20.5. The Bertz CT molecular complexity index is 2540. The van der Waals surface area contributed by atoms with E-state index in [2.05, 4.69) is 74.8 Å². The predicted octanol–water partition coefficient (Wildman–Crippen LogP) is 6.65. The first kappa shape index (κ1) is 37.5. The Kier molecular flexibility index (Phi) is 9.77. The van der Waals surface area contributed by atoms with Crippen LogP contribution in [0.25, 0.3) is 22.4 Å². The Hall–Kier alpha value is -3.80. The van der Waals surface area contributed by atoms with Crippen molar-refractivity contribution in [2.75, 3.05) is 29.5 Å². The third-order valence-electron chi connectivity index (χ3n) is 11.4. The number of nitrogens with zero attached hydrogens (tertiary/aromatic N) is 2. The lowest BCUT2D eigenvalue weighted by Gasteiger charge is -2.27. The van der Waals surface area contributed by atoms with E-state index in [1.807, 2.05) is 53.5 Å². The molecule has 0 amide bonds. The highest BCUT2D eigenvalue weighted by molar-refractivity contribution is 7.86. The second kappa shape index (κ2) is 13.8. The average Bonchev–Trinajstić information content (AvgIpc) is 3.46. The van der Waals surface area contributed by atoms with Crippen LogP contribution in [0.5, 0.6) is 0 Å². The number of anilines is 1. The minimum absolute atomic E-state index is 0.0287. The van der Waals surface area contributed by atoms with Gasteiger partial charge in [-0.3, -0.25) is 9.11 Å². The van der Waals surface area contributed by atoms with Crippen molar-refractivity contribution in [1.82, 2.24) is 0 Å². The first-order valence-electron chi connectivity index (χ1n) is 18.1. The van der Waals surface area contributed by atoms with E-state index in [0.717, 1.165) is 75.5 Å². The summed E-state index contributed by atoms with van der Waals surface area (Å²) < 4.78 is 69.2. The summed E-state index contributed by atoms with van der Waals surface area (Å²) in [5.41, 5.74) is 6.25. The lowest BCUT2D eigenvalue weighted by molar-refractivity contribution is -0.541. The van der Waals surface area contributed by atoms with Gasteiger partial charge in [-0.2, -0.15) is 16.8 Å². The fraction of sp³-hybridized carbons (Fsp3) is 0.357. The Morgan fingerprint density at radius 1 is 0.868 bits per heavy atom. The topological polar surface area (TPSA) is 115 Å². The maximum atomic E-state index is 11.9. The zero-order valence-corrected chi connectivity index (χ0v) is 32.9. The lowest BCUT2D eigenvalue weighted by atomic mass is 9.76. The zero-order chi connectivity index (χ0) is 37.9. The van der Waals surface area contributed by atoms with Crippen LogP contribution < -0.4 is 15.3 Å². The number of allylic oxidation sites excluding steroid dienone is 8. The van der Waals surface area contributed by atoms with E-state index in [1.165, 1.54) is 10.8 Å². The molecule has 11 heteroatoms. The van der Waals surface area contributed by atoms with Crippen molar-refractivity contribution in [2.45, 2.75) is 64.8 Å². The molecule has 0 bridgehead atoms. The van der Waals surface area contributed by atoms with Crippen LogP contribution in [0.2, 0.25) is 0 Å². The number of hydrogen-bond acceptors (Lipinski definition) is 5. The highest BCUT2D eigenvalue weighted by atomic mass is 35.5. The van der Waals surface area contributed by atoms with Gasteiger partial charge in [0.05, 0.1) is 11.2 Å². The van der Waals surface area contributed by atoms with Gasteiger partial charge in [-0.25, -0.2) is 4.58 Å². The van der Waals surface area contributed by atoms with Gasteiger partial charge in [-0.05, 0) is 83.2 Å². The van der Waals surface area contributed by atoms with Gasteiger partial charge >= 0.3 is 0 Å². The molecule has 8 nitrogen and oxygen atoms in total. The molecule has 3 aromatic rings. The largest absolute Gasteiger partial charge is 0.343 e. The Morgan fingerprint density at radius 2 is 1.58 bits per heavy atom. The van der Waals surface area contributed by atoms with Crippen molar-refractivity contribution in [3.8, 4) is 0 Å². The summed E-state index contributed by atoms with van der Waals surface area (Å²) in [5, 5.41) is 5.20. The summed E-state index contributed by atoms with van der Waals surface area (Å²) in [6.07, 6.45) is 13.6. The average molecular weight is 774 g/mol. The standard InChI is InChI=1S/C42H45ClN2O6S2/c1-41(2)36(44(24-26-52(46,47)48)34-20-16-28-10-5-7-14-32(28)38(34)41)22-18-30-12-9-13-31(40(30)43)19-23-37-42(3,4)39-33-15-8-6-11-29(33)17-21-35(39)45(37)25-27-53(49,50)51/h5-8,10-11,14-20,22-23,35H,9,12-13,21,24-27H2,1-4H3,(H-,46,47,48,49,50,51)/p+1. The molecule has 1 atom stereocenters. The molecule has 4 aliphatic rings. The van der Waals surface area contributed by atoms with Gasteiger partial charge in [0, 0.05) is 46.4 Å². The molecule has 0 saturated heterocycles. The molecule has 1 unspecified atom stereocenters. The number of fused-ring (bicyclic) bond motifs is 5. The van der Waals surface area contributed by atoms with E-state index in [-0.39, 0.29) is 24.9 Å². The molecule has 0 aromatic heterocycles. The molecule has 2 heterocycles. The van der Waals surface area contributed by atoms with Crippen molar-refractivity contribution in [3.63, 3.8) is 0 Å². The van der Waals surface area contributed by atoms with Gasteiger partial charge in [-0.1, -0.05) is 98.3 Å². The predicted molar refractivity (Wildman–Crippen MR) is 215 cm³/mol. The maximum absolute atomic E-state index is 11.9. The molecule has 0 fully saturated rings. The molecule has 0 spiro atoms. The van der Waals surface area contributed by atoms with E-state index < -0.39 is 36.8 Å². The minimum Gasteiger partial charge on any atom is -0.343 e. The monoisotopic (exact) mass is 773 g/mol. The van der Waals surface area contributed by atoms with Crippen molar-refractivity contribution < 1.29 is 30.5 Å². The quantitative estimate of drug-likeness (QED) is 0.185. The van der Waals surface area contributed by atoms with E-state index in [4.69, 9.17) is 11.6 Å². The first-order valence-corrected chi connectivity index (χ1v) is 21.7. The highest BCUT2D eigenvalue weighted by Crippen LogP contribution is 2.51. The fourth-order valence-electron chi connectivity index (χ4n) is 9.00. The van der Waals surface area contributed by atoms with Crippen LogP contribution in [-0.4, -0.2) is 66.9 Å². The normalized spacial score (nSPS) is 22.6. The fourth-order valence-corrected chi connectivity index (χ4v) is 10.2. The summed E-state index contributed by atoms with van der Waals surface area (Å²) in [6.45, 7) is 8.91. The van der Waals surface area contributed by atoms with Gasteiger partial charge in [0.1, 0.15) is 5.75 Å².